The molecule has 134 valence electrons. The fourth-order valence-corrected chi connectivity index (χ4v) is 1.84. The smallest absolute Gasteiger partial charge is 0.436 e. The average Bonchev–Trinajstić information content (AvgIpc) is 2.51. The molecule has 9 heteroatoms. The Kier molecular flexibility index (Phi) is 7.02. The number of hydrogen-bond acceptors (Lipinski definition) is 5. The topological polar surface area (TPSA) is 76.7 Å². The zero-order chi connectivity index (χ0) is 18.2. The number of alkyl carbamates (subject to hydrolysis) is 1. The van der Waals surface area contributed by atoms with Crippen LogP contribution in [0.15, 0.2) is 30.3 Å². The van der Waals surface area contributed by atoms with Gasteiger partial charge in [-0.3, -0.25) is 10.6 Å². The molecule has 1 amide bonds. The molecule has 0 aliphatic heterocycles. The lowest BCUT2D eigenvalue weighted by molar-refractivity contribution is -0.219. The molecule has 1 rings (SSSR count). The third kappa shape index (κ3) is 4.85. The number of ether oxygens (including phenoxy) is 2. The predicted molar refractivity (Wildman–Crippen MR) is 78.9 cm³/mol. The fourth-order valence-electron chi connectivity index (χ4n) is 1.84. The third-order valence-corrected chi connectivity index (χ3v) is 2.97. The van der Waals surface area contributed by atoms with Crippen molar-refractivity contribution in [3.63, 3.8) is 0 Å². The molecule has 0 saturated carbocycles. The van der Waals surface area contributed by atoms with Crippen LogP contribution in [-0.4, -0.2) is 37.1 Å². The summed E-state index contributed by atoms with van der Waals surface area (Å²) in [5, 5.41) is 3.61. The molecule has 0 aromatic heterocycles. The van der Waals surface area contributed by atoms with Crippen LogP contribution in [0.25, 0.3) is 0 Å². The number of halogens is 3. The SMILES string of the molecule is CCOC(=O)N[C@@](NCc1ccccc1)(C(=O)OCC)C(F)(F)F. The monoisotopic (exact) mass is 348 g/mol. The van der Waals surface area contributed by atoms with Gasteiger partial charge >= 0.3 is 18.2 Å². The van der Waals surface area contributed by atoms with Gasteiger partial charge in [0.05, 0.1) is 13.2 Å². The van der Waals surface area contributed by atoms with Gasteiger partial charge in [0.15, 0.2) is 0 Å². The van der Waals surface area contributed by atoms with Gasteiger partial charge in [-0.25, -0.2) is 9.59 Å². The van der Waals surface area contributed by atoms with Gasteiger partial charge in [-0.15, -0.1) is 0 Å². The zero-order valence-electron chi connectivity index (χ0n) is 13.3. The van der Waals surface area contributed by atoms with Crippen LogP contribution in [0.5, 0.6) is 0 Å². The van der Waals surface area contributed by atoms with E-state index in [1.807, 2.05) is 0 Å². The summed E-state index contributed by atoms with van der Waals surface area (Å²) in [6.07, 6.45) is -6.54. The molecule has 0 aliphatic carbocycles. The molecule has 1 aromatic carbocycles. The van der Waals surface area contributed by atoms with Gasteiger partial charge < -0.3 is 9.47 Å². The molecule has 0 unspecified atom stereocenters. The molecule has 0 radical (unpaired) electrons. The maximum Gasteiger partial charge on any atom is 0.436 e. The lowest BCUT2D eigenvalue weighted by Gasteiger charge is -2.34. The maximum absolute atomic E-state index is 13.6. The van der Waals surface area contributed by atoms with Crippen LogP contribution in [0.3, 0.4) is 0 Å². The number of hydrogen-bond donors (Lipinski definition) is 2. The molecule has 2 N–H and O–H groups in total. The zero-order valence-corrected chi connectivity index (χ0v) is 13.3. The summed E-state index contributed by atoms with van der Waals surface area (Å²) in [5.41, 5.74) is -2.92. The van der Waals surface area contributed by atoms with Crippen molar-refractivity contribution in [1.82, 2.24) is 10.6 Å². The number of benzene rings is 1. The van der Waals surface area contributed by atoms with E-state index < -0.39 is 23.9 Å². The van der Waals surface area contributed by atoms with Crippen molar-refractivity contribution < 1.29 is 32.2 Å². The first-order chi connectivity index (χ1) is 11.3. The third-order valence-electron chi connectivity index (χ3n) is 2.97. The van der Waals surface area contributed by atoms with Gasteiger partial charge in [0.2, 0.25) is 0 Å². The number of rotatable bonds is 7. The standard InChI is InChI=1S/C15H19F3N2O4/c1-3-23-12(21)14(15(16,17)18,20-13(22)24-4-2)19-10-11-8-6-5-7-9-11/h5-9,19H,3-4,10H2,1-2H3,(H,20,22)/t14-/m0/s1. The molecular formula is C15H19F3N2O4. The Bertz CT molecular complexity index is 551. The summed E-state index contributed by atoms with van der Waals surface area (Å²) in [7, 11) is 0. The van der Waals surface area contributed by atoms with Crippen LogP contribution in [0.4, 0.5) is 18.0 Å². The van der Waals surface area contributed by atoms with E-state index in [-0.39, 0.29) is 19.8 Å². The molecule has 6 nitrogen and oxygen atoms in total. The second kappa shape index (κ2) is 8.53. The maximum atomic E-state index is 13.6. The van der Waals surface area contributed by atoms with E-state index in [1.165, 1.54) is 13.8 Å². The molecule has 1 aromatic rings. The Morgan fingerprint density at radius 3 is 2.12 bits per heavy atom. The highest BCUT2D eigenvalue weighted by Gasteiger charge is 2.63. The summed E-state index contributed by atoms with van der Waals surface area (Å²) < 4.78 is 49.8. The van der Waals surface area contributed by atoms with Crippen molar-refractivity contribution in [3.8, 4) is 0 Å². The molecule has 1 atom stereocenters. The highest BCUT2D eigenvalue weighted by molar-refractivity contribution is 5.86. The molecule has 0 aliphatic rings. The summed E-state index contributed by atoms with van der Waals surface area (Å²) >= 11 is 0. The van der Waals surface area contributed by atoms with E-state index in [0.29, 0.717) is 5.56 Å². The second-order valence-electron chi connectivity index (χ2n) is 4.65. The van der Waals surface area contributed by atoms with E-state index in [1.54, 1.807) is 35.6 Å². The summed E-state index contributed by atoms with van der Waals surface area (Å²) in [6, 6.07) is 8.11. The first-order valence-corrected chi connectivity index (χ1v) is 7.24. The van der Waals surface area contributed by atoms with Crippen molar-refractivity contribution in [2.75, 3.05) is 13.2 Å². The first-order valence-electron chi connectivity index (χ1n) is 7.24. The highest BCUT2D eigenvalue weighted by Crippen LogP contribution is 2.30. The quantitative estimate of drug-likeness (QED) is 0.584. The Labute approximate surface area is 137 Å². The number of carbonyl (C=O) groups excluding carboxylic acids is 2. The predicted octanol–water partition coefficient (Wildman–Crippen LogP) is 2.34. The second-order valence-corrected chi connectivity index (χ2v) is 4.65. The molecular weight excluding hydrogens is 329 g/mol. The van der Waals surface area contributed by atoms with Gasteiger partial charge in [-0.05, 0) is 19.4 Å². The van der Waals surface area contributed by atoms with Gasteiger partial charge in [0, 0.05) is 6.54 Å². The van der Waals surface area contributed by atoms with Crippen LogP contribution in [0.1, 0.15) is 19.4 Å². The summed E-state index contributed by atoms with van der Waals surface area (Å²) in [6.45, 7) is 2.03. The van der Waals surface area contributed by atoms with Crippen molar-refractivity contribution >= 4 is 12.1 Å². The van der Waals surface area contributed by atoms with Crippen molar-refractivity contribution in [1.29, 1.82) is 0 Å². The van der Waals surface area contributed by atoms with Gasteiger partial charge in [0.25, 0.3) is 5.66 Å². The Hall–Kier alpha value is -2.29. The number of carbonyl (C=O) groups is 2. The van der Waals surface area contributed by atoms with Crippen LogP contribution in [0.2, 0.25) is 0 Å². The Morgan fingerprint density at radius 1 is 1.04 bits per heavy atom. The van der Waals surface area contributed by atoms with E-state index in [4.69, 9.17) is 0 Å². The van der Waals surface area contributed by atoms with Gasteiger partial charge in [0.1, 0.15) is 0 Å². The van der Waals surface area contributed by atoms with Crippen LogP contribution in [0, 0.1) is 0 Å². The summed E-state index contributed by atoms with van der Waals surface area (Å²) in [5.74, 6) is -1.67. The minimum atomic E-state index is -5.15. The molecule has 0 fully saturated rings. The number of alkyl halides is 3. The van der Waals surface area contributed by atoms with E-state index in [0.717, 1.165) is 0 Å². The van der Waals surface area contributed by atoms with E-state index in [2.05, 4.69) is 14.8 Å². The molecule has 0 spiro atoms. The molecule has 24 heavy (non-hydrogen) atoms. The first kappa shape index (κ1) is 19.8. The molecule has 0 heterocycles. The average molecular weight is 348 g/mol. The number of amides is 1. The van der Waals surface area contributed by atoms with E-state index in [9.17, 15) is 22.8 Å². The van der Waals surface area contributed by atoms with Crippen LogP contribution in [-0.2, 0) is 20.8 Å². The van der Waals surface area contributed by atoms with Crippen molar-refractivity contribution in [2.45, 2.75) is 32.2 Å². The Morgan fingerprint density at radius 2 is 1.62 bits per heavy atom. The molecule has 0 saturated heterocycles. The normalized spacial score (nSPS) is 13.7. The van der Waals surface area contributed by atoms with Crippen LogP contribution >= 0.6 is 0 Å². The fraction of sp³-hybridized carbons (Fsp3) is 0.467. The number of nitrogens with one attached hydrogen (secondary N) is 2. The number of esters is 1. The van der Waals surface area contributed by atoms with Crippen LogP contribution < -0.4 is 10.6 Å². The molecule has 0 bridgehead atoms. The minimum Gasteiger partial charge on any atom is -0.463 e. The highest BCUT2D eigenvalue weighted by atomic mass is 19.4. The largest absolute Gasteiger partial charge is 0.463 e. The van der Waals surface area contributed by atoms with Crippen molar-refractivity contribution in [3.05, 3.63) is 35.9 Å². The minimum absolute atomic E-state index is 0.152. The Balaban J connectivity index is 3.13. The van der Waals surface area contributed by atoms with Crippen molar-refractivity contribution in [2.24, 2.45) is 0 Å². The lowest BCUT2D eigenvalue weighted by Crippen LogP contribution is -2.72. The van der Waals surface area contributed by atoms with Gasteiger partial charge in [-0.1, -0.05) is 30.3 Å². The summed E-state index contributed by atoms with van der Waals surface area (Å²) in [4.78, 5) is 23.5. The van der Waals surface area contributed by atoms with E-state index >= 15 is 0 Å². The lowest BCUT2D eigenvalue weighted by atomic mass is 10.1. The van der Waals surface area contributed by atoms with Gasteiger partial charge in [-0.2, -0.15) is 13.2 Å².